The van der Waals surface area contributed by atoms with Crippen LogP contribution < -0.4 is 0 Å². The van der Waals surface area contributed by atoms with Crippen LogP contribution in [0.1, 0.15) is 40.4 Å². The number of rotatable bonds is 5. The van der Waals surface area contributed by atoms with Crippen LogP contribution in [0.25, 0.3) is 10.9 Å². The second-order valence-corrected chi connectivity index (χ2v) is 8.26. The molecule has 0 aliphatic carbocycles. The average Bonchev–Trinajstić information content (AvgIpc) is 3.27. The monoisotopic (exact) mass is 419 g/mol. The molecule has 2 aromatic carbocycles. The summed E-state index contributed by atoms with van der Waals surface area (Å²) < 4.78 is 13.1. The van der Waals surface area contributed by atoms with Gasteiger partial charge in [0, 0.05) is 50.6 Å². The number of likely N-dealkylation sites (tertiary alicyclic amines) is 1. The fourth-order valence-corrected chi connectivity index (χ4v) is 4.11. The molecule has 1 aliphatic rings. The Kier molecular flexibility index (Phi) is 5.98. The summed E-state index contributed by atoms with van der Waals surface area (Å²) in [6, 6.07) is 15.8. The summed E-state index contributed by atoms with van der Waals surface area (Å²) in [5.41, 5.74) is 3.25. The van der Waals surface area contributed by atoms with E-state index in [2.05, 4.69) is 0 Å². The van der Waals surface area contributed by atoms with Crippen molar-refractivity contribution in [1.29, 1.82) is 0 Å². The Hall–Kier alpha value is -3.28. The van der Waals surface area contributed by atoms with Crippen molar-refractivity contribution in [3.05, 3.63) is 77.2 Å². The maximum Gasteiger partial charge on any atom is 0.254 e. The zero-order chi connectivity index (χ0) is 22.0. The van der Waals surface area contributed by atoms with Crippen LogP contribution in [0.4, 0.5) is 4.39 Å². The lowest BCUT2D eigenvalue weighted by molar-refractivity contribution is -0.130. The van der Waals surface area contributed by atoms with Gasteiger partial charge < -0.3 is 9.80 Å². The van der Waals surface area contributed by atoms with E-state index < -0.39 is 0 Å². The molecule has 0 N–H and O–H groups in total. The number of para-hydroxylation sites is 1. The van der Waals surface area contributed by atoms with Crippen molar-refractivity contribution in [2.45, 2.75) is 25.2 Å². The molecular weight excluding hydrogens is 393 g/mol. The lowest BCUT2D eigenvalue weighted by Gasteiger charge is -2.18. The maximum absolute atomic E-state index is 13.1. The molecule has 1 aromatic heterocycles. The summed E-state index contributed by atoms with van der Waals surface area (Å²) in [4.78, 5) is 33.7. The van der Waals surface area contributed by atoms with Crippen molar-refractivity contribution in [3.63, 3.8) is 0 Å². The summed E-state index contributed by atoms with van der Waals surface area (Å²) in [7, 11) is 3.49. The number of aryl methyl sites for hydroxylation is 1. The van der Waals surface area contributed by atoms with E-state index in [1.807, 2.05) is 35.2 Å². The molecule has 0 spiro atoms. The van der Waals surface area contributed by atoms with Crippen molar-refractivity contribution in [3.8, 4) is 0 Å². The van der Waals surface area contributed by atoms with Crippen molar-refractivity contribution in [2.75, 3.05) is 27.2 Å². The lowest BCUT2D eigenvalue weighted by atomic mass is 9.99. The standard InChI is InChI=1S/C25H26FN3O2/c1-28(2)25(31)21-15-23(27-22-6-4-3-5-20(21)22)18-13-14-29(16-18)24(30)12-9-17-7-10-19(26)11-8-17/h3-8,10-11,15,18H,9,12-14,16H2,1-2H3/t18-/m0/s1. The fraction of sp³-hybridized carbons (Fsp3) is 0.320. The van der Waals surface area contributed by atoms with Gasteiger partial charge in [0.15, 0.2) is 0 Å². The molecule has 2 heterocycles. The molecule has 3 aromatic rings. The van der Waals surface area contributed by atoms with Crippen LogP contribution in [0.15, 0.2) is 54.6 Å². The number of halogens is 1. The predicted octanol–water partition coefficient (Wildman–Crippen LogP) is 4.02. The molecule has 4 rings (SSSR count). The van der Waals surface area contributed by atoms with Crippen LogP contribution in [0.2, 0.25) is 0 Å². The first kappa shape index (κ1) is 21.0. The van der Waals surface area contributed by atoms with Crippen LogP contribution >= 0.6 is 0 Å². The van der Waals surface area contributed by atoms with E-state index in [4.69, 9.17) is 4.98 Å². The number of aromatic nitrogens is 1. The molecule has 1 saturated heterocycles. The number of benzene rings is 2. The highest BCUT2D eigenvalue weighted by Crippen LogP contribution is 2.30. The van der Waals surface area contributed by atoms with Gasteiger partial charge in [-0.1, -0.05) is 30.3 Å². The minimum absolute atomic E-state index is 0.0509. The molecule has 0 bridgehead atoms. The van der Waals surface area contributed by atoms with Gasteiger partial charge in [0.2, 0.25) is 5.91 Å². The van der Waals surface area contributed by atoms with Crippen LogP contribution in [0.5, 0.6) is 0 Å². The molecule has 1 fully saturated rings. The van der Waals surface area contributed by atoms with E-state index in [9.17, 15) is 14.0 Å². The minimum Gasteiger partial charge on any atom is -0.345 e. The second-order valence-electron chi connectivity index (χ2n) is 8.26. The minimum atomic E-state index is -0.271. The molecular formula is C25H26FN3O2. The van der Waals surface area contributed by atoms with E-state index >= 15 is 0 Å². The quantitative estimate of drug-likeness (QED) is 0.628. The van der Waals surface area contributed by atoms with E-state index in [0.717, 1.165) is 28.6 Å². The summed E-state index contributed by atoms with van der Waals surface area (Å²) in [5, 5.41) is 0.843. The van der Waals surface area contributed by atoms with Gasteiger partial charge in [-0.15, -0.1) is 0 Å². The normalized spacial score (nSPS) is 16.0. The summed E-state index contributed by atoms with van der Waals surface area (Å²) >= 11 is 0. The predicted molar refractivity (Wildman–Crippen MR) is 118 cm³/mol. The summed E-state index contributed by atoms with van der Waals surface area (Å²) in [6.45, 7) is 1.28. The highest BCUT2D eigenvalue weighted by molar-refractivity contribution is 6.06. The highest BCUT2D eigenvalue weighted by Gasteiger charge is 2.29. The molecule has 1 aliphatic heterocycles. The zero-order valence-corrected chi connectivity index (χ0v) is 17.8. The second kappa shape index (κ2) is 8.84. The molecule has 160 valence electrons. The fourth-order valence-electron chi connectivity index (χ4n) is 4.11. The van der Waals surface area contributed by atoms with Gasteiger partial charge in [0.1, 0.15) is 5.82 Å². The number of nitrogens with zero attached hydrogens (tertiary/aromatic N) is 3. The number of pyridine rings is 1. The maximum atomic E-state index is 13.1. The number of carbonyl (C=O) groups is 2. The molecule has 31 heavy (non-hydrogen) atoms. The molecule has 0 radical (unpaired) electrons. The molecule has 1 atom stereocenters. The SMILES string of the molecule is CN(C)C(=O)c1cc([C@H]2CCN(C(=O)CCc3ccc(F)cc3)C2)nc2ccccc12. The first-order valence-corrected chi connectivity index (χ1v) is 10.6. The molecule has 2 amide bonds. The summed E-state index contributed by atoms with van der Waals surface area (Å²) in [6.07, 6.45) is 1.81. The molecule has 0 unspecified atom stereocenters. The van der Waals surface area contributed by atoms with Gasteiger partial charge in [0.25, 0.3) is 5.91 Å². The lowest BCUT2D eigenvalue weighted by Crippen LogP contribution is -2.28. The number of hydrogen-bond donors (Lipinski definition) is 0. The van der Waals surface area contributed by atoms with Gasteiger partial charge in [-0.2, -0.15) is 0 Å². The van der Waals surface area contributed by atoms with Crippen LogP contribution in [-0.4, -0.2) is 53.8 Å². The first-order valence-electron chi connectivity index (χ1n) is 10.6. The van der Waals surface area contributed by atoms with Crippen molar-refractivity contribution in [2.24, 2.45) is 0 Å². The Labute approximate surface area is 181 Å². The van der Waals surface area contributed by atoms with Gasteiger partial charge >= 0.3 is 0 Å². The Bertz CT molecular complexity index is 1110. The molecule has 6 heteroatoms. The third kappa shape index (κ3) is 4.58. The van der Waals surface area contributed by atoms with Crippen molar-refractivity contribution >= 4 is 22.7 Å². The van der Waals surface area contributed by atoms with Gasteiger partial charge in [-0.25, -0.2) is 4.39 Å². The van der Waals surface area contributed by atoms with Gasteiger partial charge in [-0.3, -0.25) is 14.6 Å². The van der Waals surface area contributed by atoms with E-state index in [1.54, 1.807) is 31.1 Å². The van der Waals surface area contributed by atoms with Crippen LogP contribution in [0, 0.1) is 5.82 Å². The Morgan fingerprint density at radius 1 is 1.13 bits per heavy atom. The van der Waals surface area contributed by atoms with Gasteiger partial charge in [-0.05, 0) is 42.7 Å². The van der Waals surface area contributed by atoms with E-state index in [0.29, 0.717) is 31.5 Å². The van der Waals surface area contributed by atoms with Crippen LogP contribution in [0.3, 0.4) is 0 Å². The smallest absolute Gasteiger partial charge is 0.254 e. The average molecular weight is 420 g/mol. The first-order chi connectivity index (χ1) is 14.9. The molecule has 0 saturated carbocycles. The Morgan fingerprint density at radius 2 is 1.87 bits per heavy atom. The van der Waals surface area contributed by atoms with E-state index in [1.165, 1.54) is 12.1 Å². The van der Waals surface area contributed by atoms with Gasteiger partial charge in [0.05, 0.1) is 11.1 Å². The zero-order valence-electron chi connectivity index (χ0n) is 17.8. The highest BCUT2D eigenvalue weighted by atomic mass is 19.1. The Morgan fingerprint density at radius 3 is 2.61 bits per heavy atom. The largest absolute Gasteiger partial charge is 0.345 e. The third-order valence-electron chi connectivity index (χ3n) is 5.87. The number of fused-ring (bicyclic) bond motifs is 1. The number of hydrogen-bond acceptors (Lipinski definition) is 3. The number of amides is 2. The number of carbonyl (C=O) groups excluding carboxylic acids is 2. The third-order valence-corrected chi connectivity index (χ3v) is 5.87. The van der Waals surface area contributed by atoms with Crippen molar-refractivity contribution in [1.82, 2.24) is 14.8 Å². The summed E-state index contributed by atoms with van der Waals surface area (Å²) in [5.74, 6) is -0.122. The van der Waals surface area contributed by atoms with Crippen molar-refractivity contribution < 1.29 is 14.0 Å². The molecule has 5 nitrogen and oxygen atoms in total. The Balaban J connectivity index is 1.49. The van der Waals surface area contributed by atoms with E-state index in [-0.39, 0.29) is 23.5 Å². The topological polar surface area (TPSA) is 53.5 Å². The van der Waals surface area contributed by atoms with Crippen LogP contribution in [-0.2, 0) is 11.2 Å².